The van der Waals surface area contributed by atoms with Crippen LogP contribution in [0.15, 0.2) is 4.99 Å². The standard InChI is InChI=1S/C15H31N3O2S/c1-5-16-15(17-6-8-20-10-9-19-4)18-7-11-21-14(12-18)13(2)3/h13-14H,5-12H2,1-4H3,(H,16,17). The van der Waals surface area contributed by atoms with Crippen molar-refractivity contribution in [2.75, 3.05) is 58.9 Å². The summed E-state index contributed by atoms with van der Waals surface area (Å²) in [6, 6.07) is 0. The molecule has 1 N–H and O–H groups in total. The van der Waals surface area contributed by atoms with E-state index in [0.29, 0.717) is 37.5 Å². The van der Waals surface area contributed by atoms with Crippen molar-refractivity contribution in [3.8, 4) is 0 Å². The van der Waals surface area contributed by atoms with Gasteiger partial charge in [0.15, 0.2) is 5.96 Å². The zero-order chi connectivity index (χ0) is 15.5. The Bertz CT molecular complexity index is 301. The molecule has 1 unspecified atom stereocenters. The molecule has 5 nitrogen and oxygen atoms in total. The van der Waals surface area contributed by atoms with Crippen molar-refractivity contribution < 1.29 is 9.47 Å². The molecule has 1 fully saturated rings. The topological polar surface area (TPSA) is 46.1 Å². The first kappa shape index (κ1) is 18.6. The number of rotatable bonds is 8. The average molecular weight is 317 g/mol. The minimum atomic E-state index is 0.637. The highest BCUT2D eigenvalue weighted by Crippen LogP contribution is 2.24. The van der Waals surface area contributed by atoms with Gasteiger partial charge in [-0.1, -0.05) is 13.8 Å². The molecule has 1 aliphatic heterocycles. The van der Waals surface area contributed by atoms with Gasteiger partial charge in [0, 0.05) is 37.7 Å². The Hall–Kier alpha value is -0.460. The van der Waals surface area contributed by atoms with Crippen molar-refractivity contribution in [1.82, 2.24) is 10.2 Å². The maximum atomic E-state index is 5.47. The molecule has 0 spiro atoms. The Morgan fingerprint density at radius 1 is 1.38 bits per heavy atom. The summed E-state index contributed by atoms with van der Waals surface area (Å²) in [5.41, 5.74) is 0. The summed E-state index contributed by atoms with van der Waals surface area (Å²) in [5, 5.41) is 4.10. The molecule has 0 aromatic carbocycles. The molecular formula is C15H31N3O2S. The fourth-order valence-corrected chi connectivity index (χ4v) is 3.46. The van der Waals surface area contributed by atoms with Crippen LogP contribution in [0.5, 0.6) is 0 Å². The van der Waals surface area contributed by atoms with Gasteiger partial charge in [-0.15, -0.1) is 0 Å². The number of hydrogen-bond acceptors (Lipinski definition) is 4. The van der Waals surface area contributed by atoms with Gasteiger partial charge < -0.3 is 19.7 Å². The molecule has 0 radical (unpaired) electrons. The summed E-state index contributed by atoms with van der Waals surface area (Å²) in [7, 11) is 1.68. The van der Waals surface area contributed by atoms with Crippen molar-refractivity contribution >= 4 is 17.7 Å². The third-order valence-electron chi connectivity index (χ3n) is 3.40. The molecule has 0 saturated carbocycles. The van der Waals surface area contributed by atoms with Crippen molar-refractivity contribution in [1.29, 1.82) is 0 Å². The summed E-state index contributed by atoms with van der Waals surface area (Å²) < 4.78 is 10.4. The van der Waals surface area contributed by atoms with Crippen LogP contribution in [0.4, 0.5) is 0 Å². The lowest BCUT2D eigenvalue weighted by Gasteiger charge is -2.36. The minimum Gasteiger partial charge on any atom is -0.382 e. The molecule has 0 aliphatic carbocycles. The van der Waals surface area contributed by atoms with Crippen LogP contribution >= 0.6 is 11.8 Å². The highest BCUT2D eigenvalue weighted by molar-refractivity contribution is 8.00. The molecule has 0 bridgehead atoms. The molecule has 1 saturated heterocycles. The van der Waals surface area contributed by atoms with Crippen LogP contribution in [0.2, 0.25) is 0 Å². The lowest BCUT2D eigenvalue weighted by atomic mass is 10.1. The number of hydrogen-bond donors (Lipinski definition) is 1. The summed E-state index contributed by atoms with van der Waals surface area (Å²) in [5.74, 6) is 2.91. The summed E-state index contributed by atoms with van der Waals surface area (Å²) >= 11 is 2.08. The predicted molar refractivity (Wildman–Crippen MR) is 91.3 cm³/mol. The predicted octanol–water partition coefficient (Wildman–Crippen LogP) is 1.69. The van der Waals surface area contributed by atoms with Crippen LogP contribution in [-0.2, 0) is 9.47 Å². The van der Waals surface area contributed by atoms with Gasteiger partial charge in [0.1, 0.15) is 0 Å². The number of nitrogens with one attached hydrogen (secondary N) is 1. The van der Waals surface area contributed by atoms with E-state index in [9.17, 15) is 0 Å². The summed E-state index contributed by atoms with van der Waals surface area (Å²) in [6.45, 7) is 12.4. The first-order valence-electron chi connectivity index (χ1n) is 7.90. The number of aliphatic imine (C=N–C) groups is 1. The van der Waals surface area contributed by atoms with Crippen molar-refractivity contribution in [3.63, 3.8) is 0 Å². The first-order chi connectivity index (χ1) is 10.2. The molecule has 6 heteroatoms. The third-order valence-corrected chi connectivity index (χ3v) is 4.94. The lowest BCUT2D eigenvalue weighted by molar-refractivity contribution is 0.0747. The summed E-state index contributed by atoms with van der Waals surface area (Å²) in [6.07, 6.45) is 0. The lowest BCUT2D eigenvalue weighted by Crippen LogP contribution is -2.49. The zero-order valence-corrected chi connectivity index (χ0v) is 14.7. The molecule has 1 aliphatic rings. The van der Waals surface area contributed by atoms with Gasteiger partial charge in [-0.25, -0.2) is 0 Å². The van der Waals surface area contributed by atoms with E-state index >= 15 is 0 Å². The highest BCUT2D eigenvalue weighted by atomic mass is 32.2. The van der Waals surface area contributed by atoms with Crippen LogP contribution in [0.3, 0.4) is 0 Å². The van der Waals surface area contributed by atoms with Gasteiger partial charge in [0.2, 0.25) is 0 Å². The van der Waals surface area contributed by atoms with Gasteiger partial charge in [-0.05, 0) is 12.8 Å². The Labute approximate surface area is 133 Å². The van der Waals surface area contributed by atoms with E-state index in [1.807, 2.05) is 0 Å². The van der Waals surface area contributed by atoms with Crippen LogP contribution in [0, 0.1) is 5.92 Å². The number of nitrogens with zero attached hydrogens (tertiary/aromatic N) is 2. The second kappa shape index (κ2) is 11.2. The molecule has 0 aromatic heterocycles. The highest BCUT2D eigenvalue weighted by Gasteiger charge is 2.24. The Morgan fingerprint density at radius 3 is 2.86 bits per heavy atom. The van der Waals surface area contributed by atoms with E-state index in [-0.39, 0.29) is 0 Å². The molecule has 21 heavy (non-hydrogen) atoms. The Morgan fingerprint density at radius 2 is 2.19 bits per heavy atom. The van der Waals surface area contributed by atoms with Gasteiger partial charge in [0.25, 0.3) is 0 Å². The zero-order valence-electron chi connectivity index (χ0n) is 13.9. The van der Waals surface area contributed by atoms with Gasteiger partial charge in [-0.2, -0.15) is 11.8 Å². The smallest absolute Gasteiger partial charge is 0.194 e. The van der Waals surface area contributed by atoms with E-state index in [2.05, 4.69) is 47.7 Å². The second-order valence-electron chi connectivity index (χ2n) is 5.44. The van der Waals surface area contributed by atoms with Crippen LogP contribution in [-0.4, -0.2) is 75.0 Å². The van der Waals surface area contributed by atoms with E-state index in [4.69, 9.17) is 9.47 Å². The number of guanidine groups is 1. The SMILES string of the molecule is CCNC(=NCCOCCOC)N1CCSC(C(C)C)C1. The van der Waals surface area contributed by atoms with Gasteiger partial charge in [0.05, 0.1) is 26.4 Å². The number of thioether (sulfide) groups is 1. The van der Waals surface area contributed by atoms with Crippen molar-refractivity contribution in [2.24, 2.45) is 10.9 Å². The van der Waals surface area contributed by atoms with Crippen LogP contribution in [0.1, 0.15) is 20.8 Å². The normalized spacial score (nSPS) is 20.1. The Balaban J connectivity index is 2.43. The quantitative estimate of drug-likeness (QED) is 0.419. The monoisotopic (exact) mass is 317 g/mol. The molecule has 1 heterocycles. The van der Waals surface area contributed by atoms with Crippen LogP contribution < -0.4 is 5.32 Å². The Kier molecular flexibility index (Phi) is 9.87. The molecular weight excluding hydrogens is 286 g/mol. The van der Waals surface area contributed by atoms with E-state index < -0.39 is 0 Å². The van der Waals surface area contributed by atoms with Gasteiger partial charge >= 0.3 is 0 Å². The van der Waals surface area contributed by atoms with E-state index in [1.54, 1.807) is 7.11 Å². The number of methoxy groups -OCH3 is 1. The molecule has 0 aromatic rings. The fourth-order valence-electron chi connectivity index (χ4n) is 2.16. The molecule has 0 amide bonds. The maximum absolute atomic E-state index is 5.47. The molecule has 1 rings (SSSR count). The van der Waals surface area contributed by atoms with E-state index in [0.717, 1.165) is 25.6 Å². The molecule has 1 atom stereocenters. The number of ether oxygens (including phenoxy) is 2. The minimum absolute atomic E-state index is 0.637. The fraction of sp³-hybridized carbons (Fsp3) is 0.933. The van der Waals surface area contributed by atoms with Crippen molar-refractivity contribution in [3.05, 3.63) is 0 Å². The first-order valence-corrected chi connectivity index (χ1v) is 8.95. The maximum Gasteiger partial charge on any atom is 0.194 e. The van der Waals surface area contributed by atoms with Crippen molar-refractivity contribution in [2.45, 2.75) is 26.0 Å². The van der Waals surface area contributed by atoms with Gasteiger partial charge in [-0.3, -0.25) is 4.99 Å². The summed E-state index contributed by atoms with van der Waals surface area (Å²) in [4.78, 5) is 7.07. The molecule has 124 valence electrons. The van der Waals surface area contributed by atoms with Crippen LogP contribution in [0.25, 0.3) is 0 Å². The third kappa shape index (κ3) is 7.38. The second-order valence-corrected chi connectivity index (χ2v) is 6.79. The largest absolute Gasteiger partial charge is 0.382 e. The average Bonchev–Trinajstić information content (AvgIpc) is 2.49. The van der Waals surface area contributed by atoms with E-state index in [1.165, 1.54) is 5.75 Å².